The number of hydrogen-bond donors (Lipinski definition) is 1. The lowest BCUT2D eigenvalue weighted by Gasteiger charge is -2.31. The Morgan fingerprint density at radius 2 is 2.16 bits per heavy atom. The van der Waals surface area contributed by atoms with Crippen molar-refractivity contribution >= 4 is 11.9 Å². The van der Waals surface area contributed by atoms with Crippen LogP contribution in [0.25, 0.3) is 0 Å². The maximum atomic E-state index is 12.3. The number of anilines is 1. The van der Waals surface area contributed by atoms with Gasteiger partial charge in [-0.1, -0.05) is 6.92 Å². The van der Waals surface area contributed by atoms with Gasteiger partial charge in [-0.2, -0.15) is 4.98 Å². The van der Waals surface area contributed by atoms with E-state index in [1.807, 2.05) is 11.6 Å². The van der Waals surface area contributed by atoms with Crippen LogP contribution < -0.4 is 5.32 Å². The molecule has 0 spiro atoms. The van der Waals surface area contributed by atoms with Crippen LogP contribution in [0.1, 0.15) is 38.4 Å². The van der Waals surface area contributed by atoms with Crippen molar-refractivity contribution in [2.75, 3.05) is 18.5 Å². The third-order valence-electron chi connectivity index (χ3n) is 4.14. The van der Waals surface area contributed by atoms with Crippen LogP contribution in [0.4, 0.5) is 5.95 Å². The van der Waals surface area contributed by atoms with Gasteiger partial charge in [0, 0.05) is 26.2 Å². The Hall–Kier alpha value is -1.43. The van der Waals surface area contributed by atoms with Gasteiger partial charge in [0.15, 0.2) is 0 Å². The molecule has 1 saturated heterocycles. The number of aromatic nitrogens is 3. The summed E-state index contributed by atoms with van der Waals surface area (Å²) in [5, 5.41) is 7.23. The second-order valence-corrected chi connectivity index (χ2v) is 5.66. The van der Waals surface area contributed by atoms with E-state index in [-0.39, 0.29) is 11.3 Å². The summed E-state index contributed by atoms with van der Waals surface area (Å²) >= 11 is 0. The Balaban J connectivity index is 1.70. The second-order valence-electron chi connectivity index (χ2n) is 5.66. The third-order valence-corrected chi connectivity index (χ3v) is 4.14. The van der Waals surface area contributed by atoms with E-state index in [2.05, 4.69) is 15.4 Å². The second kappa shape index (κ2) is 4.92. The monoisotopic (exact) mass is 264 g/mol. The van der Waals surface area contributed by atoms with Gasteiger partial charge in [-0.15, -0.1) is 5.10 Å². The zero-order valence-corrected chi connectivity index (χ0v) is 11.3. The first kappa shape index (κ1) is 12.6. The van der Waals surface area contributed by atoms with Crippen LogP contribution in [-0.4, -0.2) is 33.9 Å². The minimum absolute atomic E-state index is 0.0127. The maximum absolute atomic E-state index is 12.3. The molecule has 0 bridgehead atoms. The van der Waals surface area contributed by atoms with Crippen LogP contribution in [-0.2, 0) is 22.5 Å². The van der Waals surface area contributed by atoms with E-state index < -0.39 is 0 Å². The van der Waals surface area contributed by atoms with Gasteiger partial charge in [0.25, 0.3) is 0 Å². The van der Waals surface area contributed by atoms with Crippen LogP contribution in [0.5, 0.6) is 0 Å². The van der Waals surface area contributed by atoms with Gasteiger partial charge < -0.3 is 4.74 Å². The molecule has 1 aromatic rings. The van der Waals surface area contributed by atoms with Gasteiger partial charge in [-0.25, -0.2) is 4.68 Å². The van der Waals surface area contributed by atoms with E-state index in [0.29, 0.717) is 19.2 Å². The SMILES string of the molecule is CC1(C(=O)Nc2nc3n(n2)CCCC3)CCOCC1. The van der Waals surface area contributed by atoms with Crippen LogP contribution >= 0.6 is 0 Å². The summed E-state index contributed by atoms with van der Waals surface area (Å²) in [5.74, 6) is 1.45. The van der Waals surface area contributed by atoms with Crippen molar-refractivity contribution in [1.82, 2.24) is 14.8 Å². The smallest absolute Gasteiger partial charge is 0.248 e. The number of fused-ring (bicyclic) bond motifs is 1. The van der Waals surface area contributed by atoms with Crippen molar-refractivity contribution in [3.8, 4) is 0 Å². The standard InChI is InChI=1S/C13H20N4O2/c1-13(5-8-19-9-6-13)11(18)15-12-14-10-4-2-3-7-17(10)16-12/h2-9H2,1H3,(H,15,16,18). The third kappa shape index (κ3) is 2.49. The number of aryl methyl sites for hydroxylation is 2. The molecule has 6 heteroatoms. The average molecular weight is 264 g/mol. The van der Waals surface area contributed by atoms with Crippen molar-refractivity contribution in [3.63, 3.8) is 0 Å². The fourth-order valence-corrected chi connectivity index (χ4v) is 2.64. The van der Waals surface area contributed by atoms with Gasteiger partial charge in [0.05, 0.1) is 5.41 Å². The minimum Gasteiger partial charge on any atom is -0.381 e. The molecule has 0 aromatic carbocycles. The summed E-state index contributed by atoms with van der Waals surface area (Å²) in [5.41, 5.74) is -0.357. The van der Waals surface area contributed by atoms with Crippen molar-refractivity contribution in [1.29, 1.82) is 0 Å². The zero-order chi connectivity index (χ0) is 13.3. The highest BCUT2D eigenvalue weighted by Crippen LogP contribution is 2.30. The molecule has 1 amide bonds. The Morgan fingerprint density at radius 3 is 2.89 bits per heavy atom. The minimum atomic E-state index is -0.357. The number of nitrogens with zero attached hydrogens (tertiary/aromatic N) is 3. The van der Waals surface area contributed by atoms with Crippen LogP contribution in [0, 0.1) is 5.41 Å². The molecule has 2 aliphatic heterocycles. The number of hydrogen-bond acceptors (Lipinski definition) is 4. The maximum Gasteiger partial charge on any atom is 0.248 e. The van der Waals surface area contributed by atoms with Crippen LogP contribution in [0.3, 0.4) is 0 Å². The average Bonchev–Trinajstić information content (AvgIpc) is 2.81. The molecule has 1 N–H and O–H groups in total. The van der Waals surface area contributed by atoms with Gasteiger partial charge in [0.2, 0.25) is 11.9 Å². The Morgan fingerprint density at radius 1 is 1.37 bits per heavy atom. The molecule has 0 unspecified atom stereocenters. The summed E-state index contributed by atoms with van der Waals surface area (Å²) in [6.07, 6.45) is 4.76. The number of amides is 1. The predicted octanol–water partition coefficient (Wildman–Crippen LogP) is 1.37. The molecular weight excluding hydrogens is 244 g/mol. The first-order valence-electron chi connectivity index (χ1n) is 7.00. The quantitative estimate of drug-likeness (QED) is 0.876. The fourth-order valence-electron chi connectivity index (χ4n) is 2.64. The highest BCUT2D eigenvalue weighted by atomic mass is 16.5. The first-order chi connectivity index (χ1) is 9.17. The summed E-state index contributed by atoms with van der Waals surface area (Å²) in [6.45, 7) is 4.19. The van der Waals surface area contributed by atoms with E-state index in [9.17, 15) is 4.79 Å². The normalized spacial score (nSPS) is 21.7. The Bertz CT molecular complexity index is 453. The van der Waals surface area contributed by atoms with Crippen molar-refractivity contribution in [2.45, 2.75) is 45.6 Å². The predicted molar refractivity (Wildman–Crippen MR) is 69.7 cm³/mol. The molecule has 6 nitrogen and oxygen atoms in total. The number of ether oxygens (including phenoxy) is 1. The van der Waals surface area contributed by atoms with E-state index in [1.165, 1.54) is 0 Å². The van der Waals surface area contributed by atoms with E-state index in [4.69, 9.17) is 4.74 Å². The van der Waals surface area contributed by atoms with Gasteiger partial charge >= 0.3 is 0 Å². The number of carbonyl (C=O) groups excluding carboxylic acids is 1. The lowest BCUT2D eigenvalue weighted by molar-refractivity contribution is -0.129. The summed E-state index contributed by atoms with van der Waals surface area (Å²) < 4.78 is 7.22. The van der Waals surface area contributed by atoms with Gasteiger partial charge in [-0.3, -0.25) is 10.1 Å². The van der Waals surface area contributed by atoms with E-state index in [1.54, 1.807) is 0 Å². The highest BCUT2D eigenvalue weighted by molar-refractivity contribution is 5.93. The molecule has 0 aliphatic carbocycles. The topological polar surface area (TPSA) is 69.0 Å². The molecule has 0 atom stereocenters. The molecule has 0 saturated carbocycles. The molecule has 1 fully saturated rings. The number of carbonyl (C=O) groups is 1. The largest absolute Gasteiger partial charge is 0.381 e. The molecule has 3 rings (SSSR count). The molecule has 104 valence electrons. The van der Waals surface area contributed by atoms with Crippen molar-refractivity contribution in [3.05, 3.63) is 5.82 Å². The number of rotatable bonds is 2. The fraction of sp³-hybridized carbons (Fsp3) is 0.769. The van der Waals surface area contributed by atoms with Gasteiger partial charge in [-0.05, 0) is 25.7 Å². The summed E-state index contributed by atoms with van der Waals surface area (Å²) in [6, 6.07) is 0. The van der Waals surface area contributed by atoms with E-state index >= 15 is 0 Å². The molecule has 3 heterocycles. The molecule has 2 aliphatic rings. The molecule has 1 aromatic heterocycles. The summed E-state index contributed by atoms with van der Waals surface area (Å²) in [7, 11) is 0. The zero-order valence-electron chi connectivity index (χ0n) is 11.3. The number of nitrogens with one attached hydrogen (secondary N) is 1. The molecular formula is C13H20N4O2. The van der Waals surface area contributed by atoms with Gasteiger partial charge in [0.1, 0.15) is 5.82 Å². The lowest BCUT2D eigenvalue weighted by Crippen LogP contribution is -2.38. The Kier molecular flexibility index (Phi) is 3.26. The van der Waals surface area contributed by atoms with Crippen molar-refractivity contribution in [2.24, 2.45) is 5.41 Å². The van der Waals surface area contributed by atoms with E-state index in [0.717, 1.165) is 44.5 Å². The van der Waals surface area contributed by atoms with Crippen molar-refractivity contribution < 1.29 is 9.53 Å². The van der Waals surface area contributed by atoms with Crippen LogP contribution in [0.2, 0.25) is 0 Å². The van der Waals surface area contributed by atoms with Crippen LogP contribution in [0.15, 0.2) is 0 Å². The lowest BCUT2D eigenvalue weighted by atomic mass is 9.81. The Labute approximate surface area is 112 Å². The summed E-state index contributed by atoms with van der Waals surface area (Å²) in [4.78, 5) is 16.8. The first-order valence-corrected chi connectivity index (χ1v) is 7.00. The highest BCUT2D eigenvalue weighted by Gasteiger charge is 2.35. The molecule has 0 radical (unpaired) electrons. The molecule has 19 heavy (non-hydrogen) atoms.